The molecule has 0 spiro atoms. The van der Waals surface area contributed by atoms with Gasteiger partial charge in [-0.05, 0) is 31.4 Å². The number of hydrogen-bond acceptors (Lipinski definition) is 5. The summed E-state index contributed by atoms with van der Waals surface area (Å²) in [4.78, 5) is 40.3. The highest BCUT2D eigenvalue weighted by atomic mass is 16.5. The first kappa shape index (κ1) is 20.6. The minimum Gasteiger partial charge on any atom is -0.454 e. The van der Waals surface area contributed by atoms with E-state index in [4.69, 9.17) is 4.74 Å². The highest BCUT2D eigenvalue weighted by Gasteiger charge is 2.12. The maximum atomic E-state index is 12.3. The summed E-state index contributed by atoms with van der Waals surface area (Å²) in [6.45, 7) is 5.62. The van der Waals surface area contributed by atoms with E-state index in [1.807, 2.05) is 6.92 Å². The van der Waals surface area contributed by atoms with Crippen LogP contribution in [0, 0.1) is 5.92 Å². The van der Waals surface area contributed by atoms with Crippen LogP contribution in [0.15, 0.2) is 35.4 Å². The standard InChI is InChI=1S/C20H27N3O4/c1-14(2)7-6-8-15(3)22-18(24)12-27-19(25)11-23-13-21-17-10-5-4-9-16(17)20(23)26/h4-5,9-10,13-15H,6-8,11-12H2,1-3H3,(H,22,24)/t15-/m0/s1. The lowest BCUT2D eigenvalue weighted by Gasteiger charge is -2.14. The van der Waals surface area contributed by atoms with Crippen LogP contribution >= 0.6 is 0 Å². The molecular formula is C20H27N3O4. The number of amides is 1. The van der Waals surface area contributed by atoms with Gasteiger partial charge in [0.2, 0.25) is 0 Å². The minimum atomic E-state index is -0.656. The third-order valence-electron chi connectivity index (χ3n) is 4.22. The van der Waals surface area contributed by atoms with Crippen LogP contribution < -0.4 is 10.9 Å². The summed E-state index contributed by atoms with van der Waals surface area (Å²) in [5.41, 5.74) is 0.249. The number of para-hydroxylation sites is 1. The Kier molecular flexibility index (Phi) is 7.52. The quantitative estimate of drug-likeness (QED) is 0.681. The number of fused-ring (bicyclic) bond motifs is 1. The molecular weight excluding hydrogens is 346 g/mol. The zero-order chi connectivity index (χ0) is 19.8. The number of nitrogens with one attached hydrogen (secondary N) is 1. The summed E-state index contributed by atoms with van der Waals surface area (Å²) in [6.07, 6.45) is 4.35. The van der Waals surface area contributed by atoms with E-state index in [0.717, 1.165) is 19.3 Å². The average molecular weight is 373 g/mol. The van der Waals surface area contributed by atoms with Crippen LogP contribution in [0.2, 0.25) is 0 Å². The van der Waals surface area contributed by atoms with E-state index in [9.17, 15) is 14.4 Å². The molecule has 0 aliphatic rings. The number of ether oxygens (including phenoxy) is 1. The van der Waals surface area contributed by atoms with Crippen molar-refractivity contribution in [3.8, 4) is 0 Å². The van der Waals surface area contributed by atoms with Crippen molar-refractivity contribution in [3.63, 3.8) is 0 Å². The van der Waals surface area contributed by atoms with Gasteiger partial charge in [0.05, 0.1) is 17.2 Å². The summed E-state index contributed by atoms with van der Waals surface area (Å²) >= 11 is 0. The van der Waals surface area contributed by atoms with Crippen LogP contribution in [0.4, 0.5) is 0 Å². The maximum Gasteiger partial charge on any atom is 0.326 e. The molecule has 0 fully saturated rings. The molecule has 1 heterocycles. The first-order chi connectivity index (χ1) is 12.9. The summed E-state index contributed by atoms with van der Waals surface area (Å²) in [6, 6.07) is 6.94. The predicted octanol–water partition coefficient (Wildman–Crippen LogP) is 2.27. The van der Waals surface area contributed by atoms with Gasteiger partial charge in [-0.25, -0.2) is 4.98 Å². The maximum absolute atomic E-state index is 12.3. The van der Waals surface area contributed by atoms with Crippen LogP contribution in [-0.2, 0) is 20.9 Å². The van der Waals surface area contributed by atoms with Crippen molar-refractivity contribution in [3.05, 3.63) is 40.9 Å². The summed E-state index contributed by atoms with van der Waals surface area (Å²) < 4.78 is 6.16. The fourth-order valence-electron chi connectivity index (χ4n) is 2.77. The van der Waals surface area contributed by atoms with Gasteiger partial charge in [0, 0.05) is 6.04 Å². The average Bonchev–Trinajstić information content (AvgIpc) is 2.62. The first-order valence-electron chi connectivity index (χ1n) is 9.26. The minimum absolute atomic E-state index is 0.0299. The summed E-state index contributed by atoms with van der Waals surface area (Å²) in [7, 11) is 0. The SMILES string of the molecule is CC(C)CCC[C@H](C)NC(=O)COC(=O)Cn1cnc2ccccc2c1=O. The van der Waals surface area contributed by atoms with E-state index >= 15 is 0 Å². The van der Waals surface area contributed by atoms with Crippen molar-refractivity contribution < 1.29 is 14.3 Å². The Labute approximate surface area is 158 Å². The first-order valence-corrected chi connectivity index (χ1v) is 9.26. The largest absolute Gasteiger partial charge is 0.454 e. The lowest BCUT2D eigenvalue weighted by atomic mass is 10.0. The molecule has 0 bridgehead atoms. The van der Waals surface area contributed by atoms with Gasteiger partial charge in [0.1, 0.15) is 6.54 Å². The van der Waals surface area contributed by atoms with E-state index in [-0.39, 0.29) is 30.7 Å². The number of aromatic nitrogens is 2. The van der Waals surface area contributed by atoms with Gasteiger partial charge in [-0.1, -0.05) is 38.8 Å². The molecule has 1 N–H and O–H groups in total. The van der Waals surface area contributed by atoms with Gasteiger partial charge < -0.3 is 10.1 Å². The van der Waals surface area contributed by atoms with Crippen LogP contribution in [0.5, 0.6) is 0 Å². The van der Waals surface area contributed by atoms with Crippen molar-refractivity contribution >= 4 is 22.8 Å². The van der Waals surface area contributed by atoms with Gasteiger partial charge in [0.25, 0.3) is 11.5 Å². The van der Waals surface area contributed by atoms with Gasteiger partial charge in [-0.15, -0.1) is 0 Å². The fourth-order valence-corrected chi connectivity index (χ4v) is 2.77. The molecule has 1 atom stereocenters. The van der Waals surface area contributed by atoms with Gasteiger partial charge in [-0.3, -0.25) is 19.0 Å². The van der Waals surface area contributed by atoms with Gasteiger partial charge in [0.15, 0.2) is 6.61 Å². The summed E-state index contributed by atoms with van der Waals surface area (Å²) in [5, 5.41) is 3.24. The molecule has 1 aromatic carbocycles. The topological polar surface area (TPSA) is 90.3 Å². The molecule has 7 heteroatoms. The van der Waals surface area contributed by atoms with Crippen LogP contribution in [0.1, 0.15) is 40.0 Å². The molecule has 1 amide bonds. The number of carbonyl (C=O) groups excluding carboxylic acids is 2. The Bertz CT molecular complexity index is 844. The normalized spacial score (nSPS) is 12.1. The smallest absolute Gasteiger partial charge is 0.326 e. The summed E-state index contributed by atoms with van der Waals surface area (Å²) in [5.74, 6) is -0.358. The van der Waals surface area contributed by atoms with Crippen molar-refractivity contribution in [2.45, 2.75) is 52.6 Å². The second-order valence-electron chi connectivity index (χ2n) is 7.15. The third-order valence-corrected chi connectivity index (χ3v) is 4.22. The van der Waals surface area contributed by atoms with Crippen LogP contribution in [-0.4, -0.2) is 34.1 Å². The molecule has 146 valence electrons. The monoisotopic (exact) mass is 373 g/mol. The fraction of sp³-hybridized carbons (Fsp3) is 0.500. The highest BCUT2D eigenvalue weighted by molar-refractivity contribution is 5.81. The zero-order valence-corrected chi connectivity index (χ0v) is 16.1. The predicted molar refractivity (Wildman–Crippen MR) is 103 cm³/mol. The molecule has 0 radical (unpaired) electrons. The molecule has 0 unspecified atom stereocenters. The molecule has 0 aliphatic heterocycles. The van der Waals surface area contributed by atoms with E-state index in [2.05, 4.69) is 24.1 Å². The Balaban J connectivity index is 1.80. The molecule has 27 heavy (non-hydrogen) atoms. The van der Waals surface area contributed by atoms with Crippen molar-refractivity contribution in [2.24, 2.45) is 5.92 Å². The van der Waals surface area contributed by atoms with Crippen LogP contribution in [0.25, 0.3) is 10.9 Å². The van der Waals surface area contributed by atoms with E-state index in [0.29, 0.717) is 16.8 Å². The highest BCUT2D eigenvalue weighted by Crippen LogP contribution is 2.08. The third kappa shape index (κ3) is 6.51. The number of esters is 1. The number of nitrogens with zero attached hydrogens (tertiary/aromatic N) is 2. The number of rotatable bonds is 9. The molecule has 7 nitrogen and oxygen atoms in total. The Morgan fingerprint density at radius 2 is 1.93 bits per heavy atom. The lowest BCUT2D eigenvalue weighted by Crippen LogP contribution is -2.36. The van der Waals surface area contributed by atoms with E-state index < -0.39 is 5.97 Å². The molecule has 2 rings (SSSR count). The molecule has 2 aromatic rings. The lowest BCUT2D eigenvalue weighted by molar-refractivity contribution is -0.149. The van der Waals surface area contributed by atoms with Crippen LogP contribution in [0.3, 0.4) is 0 Å². The second-order valence-corrected chi connectivity index (χ2v) is 7.15. The zero-order valence-electron chi connectivity index (χ0n) is 16.1. The van der Waals surface area contributed by atoms with Gasteiger partial charge in [-0.2, -0.15) is 0 Å². The molecule has 0 saturated heterocycles. The Morgan fingerprint density at radius 3 is 2.67 bits per heavy atom. The second kappa shape index (κ2) is 9.85. The number of hydrogen-bond donors (Lipinski definition) is 1. The number of carbonyl (C=O) groups is 2. The van der Waals surface area contributed by atoms with E-state index in [1.54, 1.807) is 24.3 Å². The van der Waals surface area contributed by atoms with E-state index in [1.165, 1.54) is 10.9 Å². The van der Waals surface area contributed by atoms with Gasteiger partial charge >= 0.3 is 5.97 Å². The van der Waals surface area contributed by atoms with Crippen molar-refractivity contribution in [1.29, 1.82) is 0 Å². The Hall–Kier alpha value is -2.70. The molecule has 1 aromatic heterocycles. The molecule has 0 aliphatic carbocycles. The molecule has 0 saturated carbocycles. The van der Waals surface area contributed by atoms with Crippen molar-refractivity contribution in [2.75, 3.05) is 6.61 Å². The number of benzene rings is 1. The van der Waals surface area contributed by atoms with Crippen molar-refractivity contribution in [1.82, 2.24) is 14.9 Å². The Morgan fingerprint density at radius 1 is 1.19 bits per heavy atom.